The van der Waals surface area contributed by atoms with Gasteiger partial charge in [0.25, 0.3) is 0 Å². The van der Waals surface area contributed by atoms with Gasteiger partial charge in [0, 0.05) is 25.2 Å². The first-order valence-electron chi connectivity index (χ1n) is 6.91. The van der Waals surface area contributed by atoms with Crippen LogP contribution in [0.5, 0.6) is 0 Å². The number of hydrogen-bond donors (Lipinski definition) is 2. The largest absolute Gasteiger partial charge is 0.354 e. The van der Waals surface area contributed by atoms with Crippen molar-refractivity contribution in [3.63, 3.8) is 0 Å². The molecular formula is C15H20N4. The Morgan fingerprint density at radius 3 is 2.79 bits per heavy atom. The number of aromatic nitrogens is 2. The van der Waals surface area contributed by atoms with Crippen LogP contribution in [0.15, 0.2) is 30.3 Å². The van der Waals surface area contributed by atoms with E-state index < -0.39 is 0 Å². The van der Waals surface area contributed by atoms with E-state index in [1.807, 2.05) is 0 Å². The van der Waals surface area contributed by atoms with Gasteiger partial charge >= 0.3 is 0 Å². The molecule has 3 rings (SSSR count). The van der Waals surface area contributed by atoms with Gasteiger partial charge in [-0.15, -0.1) is 0 Å². The molecule has 1 saturated heterocycles. The maximum absolute atomic E-state index is 5.93. The first-order valence-corrected chi connectivity index (χ1v) is 6.91. The van der Waals surface area contributed by atoms with Gasteiger partial charge < -0.3 is 10.6 Å². The lowest BCUT2D eigenvalue weighted by molar-refractivity contribution is 0.751. The van der Waals surface area contributed by atoms with Crippen LogP contribution in [0.2, 0.25) is 0 Å². The Bertz CT molecular complexity index is 544. The normalized spacial score (nSPS) is 19.1. The van der Waals surface area contributed by atoms with Crippen LogP contribution in [0.25, 0.3) is 11.3 Å². The first kappa shape index (κ1) is 12.2. The van der Waals surface area contributed by atoms with E-state index in [1.165, 1.54) is 11.1 Å². The van der Waals surface area contributed by atoms with Crippen molar-refractivity contribution in [3.05, 3.63) is 35.9 Å². The Labute approximate surface area is 113 Å². The minimum absolute atomic E-state index is 0.281. The summed E-state index contributed by atoms with van der Waals surface area (Å²) in [6, 6.07) is 11.0. The highest BCUT2D eigenvalue weighted by Crippen LogP contribution is 2.24. The zero-order valence-corrected chi connectivity index (χ0v) is 11.3. The van der Waals surface area contributed by atoms with Crippen LogP contribution in [0.1, 0.15) is 18.9 Å². The van der Waals surface area contributed by atoms with Gasteiger partial charge in [0.15, 0.2) is 5.82 Å². The van der Waals surface area contributed by atoms with E-state index in [4.69, 9.17) is 5.73 Å². The third-order valence-electron chi connectivity index (χ3n) is 3.79. The summed E-state index contributed by atoms with van der Waals surface area (Å²) < 4.78 is 0. The lowest BCUT2D eigenvalue weighted by atomic mass is 10.1. The fourth-order valence-electron chi connectivity index (χ4n) is 2.54. The van der Waals surface area contributed by atoms with Gasteiger partial charge in [-0.05, 0) is 24.0 Å². The van der Waals surface area contributed by atoms with Gasteiger partial charge in [-0.3, -0.25) is 5.10 Å². The molecule has 0 radical (unpaired) electrons. The summed E-state index contributed by atoms with van der Waals surface area (Å²) >= 11 is 0. The van der Waals surface area contributed by atoms with Crippen molar-refractivity contribution in [2.45, 2.75) is 25.8 Å². The summed E-state index contributed by atoms with van der Waals surface area (Å²) in [6.45, 7) is 4.07. The second-order valence-electron chi connectivity index (χ2n) is 5.19. The van der Waals surface area contributed by atoms with Crippen molar-refractivity contribution in [3.8, 4) is 11.3 Å². The molecule has 1 aromatic heterocycles. The van der Waals surface area contributed by atoms with Gasteiger partial charge in [-0.25, -0.2) is 0 Å². The van der Waals surface area contributed by atoms with E-state index in [1.54, 1.807) is 0 Å². The van der Waals surface area contributed by atoms with E-state index in [-0.39, 0.29) is 6.04 Å². The highest BCUT2D eigenvalue weighted by molar-refractivity contribution is 5.63. The number of benzene rings is 1. The molecule has 4 nitrogen and oxygen atoms in total. The summed E-state index contributed by atoms with van der Waals surface area (Å²) in [5.74, 6) is 1.00. The number of nitrogens with zero attached hydrogens (tertiary/aromatic N) is 2. The smallest absolute Gasteiger partial charge is 0.151 e. The molecule has 100 valence electrons. The summed E-state index contributed by atoms with van der Waals surface area (Å²) in [4.78, 5) is 2.24. The molecule has 1 unspecified atom stereocenters. The maximum atomic E-state index is 5.93. The Kier molecular flexibility index (Phi) is 3.25. The predicted molar refractivity (Wildman–Crippen MR) is 78.2 cm³/mol. The van der Waals surface area contributed by atoms with Gasteiger partial charge in [-0.2, -0.15) is 5.10 Å². The van der Waals surface area contributed by atoms with Crippen LogP contribution >= 0.6 is 0 Å². The first-order chi connectivity index (χ1) is 9.26. The molecule has 1 fully saturated rings. The molecule has 0 bridgehead atoms. The standard InChI is InChI=1S/C15H20N4/c1-2-11-3-5-12(6-4-11)14-9-15(18-17-14)19-8-7-13(16)10-19/h3-6,9,13H,2,7-8,10,16H2,1H3,(H,17,18). The van der Waals surface area contributed by atoms with Gasteiger partial charge in [-0.1, -0.05) is 31.2 Å². The van der Waals surface area contributed by atoms with Crippen molar-refractivity contribution >= 4 is 5.82 Å². The fraction of sp³-hybridized carbons (Fsp3) is 0.400. The number of H-pyrrole nitrogens is 1. The number of aromatic amines is 1. The maximum Gasteiger partial charge on any atom is 0.151 e. The molecule has 2 heterocycles. The molecule has 1 aromatic carbocycles. The van der Waals surface area contributed by atoms with E-state index >= 15 is 0 Å². The highest BCUT2D eigenvalue weighted by Gasteiger charge is 2.21. The summed E-state index contributed by atoms with van der Waals surface area (Å²) in [6.07, 6.45) is 2.12. The molecule has 0 spiro atoms. The molecule has 1 aliphatic rings. The van der Waals surface area contributed by atoms with Crippen LogP contribution in [0, 0.1) is 0 Å². The lowest BCUT2D eigenvalue weighted by Gasteiger charge is -2.13. The van der Waals surface area contributed by atoms with Crippen molar-refractivity contribution in [2.75, 3.05) is 18.0 Å². The number of aryl methyl sites for hydroxylation is 1. The van der Waals surface area contributed by atoms with Gasteiger partial charge in [0.05, 0.1) is 5.69 Å². The molecular weight excluding hydrogens is 236 g/mol. The van der Waals surface area contributed by atoms with E-state index in [2.05, 4.69) is 52.4 Å². The van der Waals surface area contributed by atoms with Crippen LogP contribution in [0.3, 0.4) is 0 Å². The van der Waals surface area contributed by atoms with Crippen LogP contribution in [-0.4, -0.2) is 29.3 Å². The van der Waals surface area contributed by atoms with Crippen molar-refractivity contribution < 1.29 is 0 Å². The predicted octanol–water partition coefficient (Wildman–Crippen LogP) is 2.18. The second-order valence-corrected chi connectivity index (χ2v) is 5.19. The third kappa shape index (κ3) is 2.49. The van der Waals surface area contributed by atoms with Crippen molar-refractivity contribution in [2.24, 2.45) is 5.73 Å². The van der Waals surface area contributed by atoms with E-state index in [9.17, 15) is 0 Å². The van der Waals surface area contributed by atoms with Crippen LogP contribution < -0.4 is 10.6 Å². The summed E-state index contributed by atoms with van der Waals surface area (Å²) in [7, 11) is 0. The Hall–Kier alpha value is -1.81. The molecule has 2 aromatic rings. The lowest BCUT2D eigenvalue weighted by Crippen LogP contribution is -2.26. The number of anilines is 1. The van der Waals surface area contributed by atoms with Crippen LogP contribution in [0.4, 0.5) is 5.82 Å². The monoisotopic (exact) mass is 256 g/mol. The third-order valence-corrected chi connectivity index (χ3v) is 3.79. The summed E-state index contributed by atoms with van der Waals surface area (Å²) in [5, 5.41) is 7.52. The number of nitrogens with two attached hydrogens (primary N) is 1. The Balaban J connectivity index is 1.80. The van der Waals surface area contributed by atoms with Crippen molar-refractivity contribution in [1.82, 2.24) is 10.2 Å². The zero-order chi connectivity index (χ0) is 13.2. The minimum atomic E-state index is 0.281. The second kappa shape index (κ2) is 5.05. The molecule has 4 heteroatoms. The average molecular weight is 256 g/mol. The minimum Gasteiger partial charge on any atom is -0.354 e. The molecule has 0 saturated carbocycles. The Morgan fingerprint density at radius 2 is 2.16 bits per heavy atom. The topological polar surface area (TPSA) is 57.9 Å². The van der Waals surface area contributed by atoms with E-state index in [0.29, 0.717) is 0 Å². The van der Waals surface area contributed by atoms with Crippen molar-refractivity contribution in [1.29, 1.82) is 0 Å². The molecule has 1 atom stereocenters. The number of nitrogens with one attached hydrogen (secondary N) is 1. The SMILES string of the molecule is CCc1ccc(-c2cc(N3CCC(N)C3)n[nH]2)cc1. The molecule has 0 amide bonds. The van der Waals surface area contributed by atoms with Gasteiger partial charge in [0.1, 0.15) is 0 Å². The summed E-state index contributed by atoms with van der Waals surface area (Å²) in [5.41, 5.74) is 9.54. The average Bonchev–Trinajstić information content (AvgIpc) is 3.07. The molecule has 19 heavy (non-hydrogen) atoms. The Morgan fingerprint density at radius 1 is 1.37 bits per heavy atom. The fourth-order valence-corrected chi connectivity index (χ4v) is 2.54. The quantitative estimate of drug-likeness (QED) is 0.885. The van der Waals surface area contributed by atoms with Crippen LogP contribution in [-0.2, 0) is 6.42 Å². The van der Waals surface area contributed by atoms with Gasteiger partial charge in [0.2, 0.25) is 0 Å². The number of rotatable bonds is 3. The molecule has 0 aliphatic carbocycles. The van der Waals surface area contributed by atoms with E-state index in [0.717, 1.165) is 37.4 Å². The zero-order valence-electron chi connectivity index (χ0n) is 11.3. The number of hydrogen-bond acceptors (Lipinski definition) is 3. The molecule has 3 N–H and O–H groups in total. The molecule has 1 aliphatic heterocycles. The highest BCUT2D eigenvalue weighted by atomic mass is 15.3.